The molecule has 0 radical (unpaired) electrons. The van der Waals surface area contributed by atoms with Crippen molar-refractivity contribution in [3.63, 3.8) is 0 Å². The van der Waals surface area contributed by atoms with Gasteiger partial charge in [0.1, 0.15) is 11.8 Å². The molecule has 1 atom stereocenters. The van der Waals surface area contributed by atoms with Crippen molar-refractivity contribution in [2.75, 3.05) is 12.4 Å². The highest BCUT2D eigenvalue weighted by atomic mass is 32.1. The van der Waals surface area contributed by atoms with Crippen LogP contribution in [0.25, 0.3) is 0 Å². The molecule has 2 aromatic rings. The highest BCUT2D eigenvalue weighted by Gasteiger charge is 2.20. The van der Waals surface area contributed by atoms with Crippen molar-refractivity contribution in [1.29, 1.82) is 5.26 Å². The molecule has 0 amide bonds. The summed E-state index contributed by atoms with van der Waals surface area (Å²) < 4.78 is 5.38. The van der Waals surface area contributed by atoms with E-state index in [1.807, 2.05) is 18.2 Å². The van der Waals surface area contributed by atoms with E-state index in [2.05, 4.69) is 36.7 Å². The lowest BCUT2D eigenvalue weighted by molar-refractivity contribution is 0.415. The van der Waals surface area contributed by atoms with Gasteiger partial charge < -0.3 is 10.1 Å². The van der Waals surface area contributed by atoms with Crippen LogP contribution in [0, 0.1) is 17.2 Å². The van der Waals surface area contributed by atoms with Gasteiger partial charge in [-0.05, 0) is 29.5 Å². The first-order chi connectivity index (χ1) is 9.67. The van der Waals surface area contributed by atoms with Gasteiger partial charge in [0.25, 0.3) is 0 Å². The molecule has 1 aromatic carbocycles. The minimum atomic E-state index is 0.165. The number of nitrogens with zero attached hydrogens (tertiary/aromatic N) is 1. The Bertz CT molecular complexity index is 599. The molecule has 1 aromatic heterocycles. The Morgan fingerprint density at radius 1 is 1.25 bits per heavy atom. The summed E-state index contributed by atoms with van der Waals surface area (Å²) in [5.74, 6) is 1.11. The third kappa shape index (κ3) is 2.94. The van der Waals surface area contributed by atoms with Crippen LogP contribution in [0.15, 0.2) is 35.7 Å². The van der Waals surface area contributed by atoms with Crippen molar-refractivity contribution in [2.45, 2.75) is 19.9 Å². The average Bonchev–Trinajstić information content (AvgIpc) is 2.97. The molecule has 1 N–H and O–H groups in total. The Balaban J connectivity index is 2.39. The molecule has 1 unspecified atom stereocenters. The van der Waals surface area contributed by atoms with E-state index >= 15 is 0 Å². The molecule has 0 saturated carbocycles. The van der Waals surface area contributed by atoms with E-state index in [4.69, 9.17) is 4.74 Å². The molecule has 1 heterocycles. The Morgan fingerprint density at radius 2 is 2.05 bits per heavy atom. The molecule has 3 nitrogen and oxygen atoms in total. The zero-order valence-corrected chi connectivity index (χ0v) is 12.7. The molecule has 104 valence electrons. The molecule has 0 aliphatic rings. The lowest BCUT2D eigenvalue weighted by atomic mass is 10.0. The topological polar surface area (TPSA) is 45.0 Å². The van der Waals surface area contributed by atoms with Crippen molar-refractivity contribution in [2.24, 2.45) is 5.92 Å². The van der Waals surface area contributed by atoms with Crippen LogP contribution in [0.5, 0.6) is 5.75 Å². The summed E-state index contributed by atoms with van der Waals surface area (Å²) in [6.07, 6.45) is 0. The van der Waals surface area contributed by atoms with Crippen LogP contribution >= 0.6 is 11.3 Å². The van der Waals surface area contributed by atoms with Gasteiger partial charge in [-0.2, -0.15) is 5.26 Å². The normalized spacial score (nSPS) is 11.9. The molecular formula is C16H18N2OS. The van der Waals surface area contributed by atoms with Gasteiger partial charge in [-0.15, -0.1) is 11.3 Å². The van der Waals surface area contributed by atoms with E-state index in [1.165, 1.54) is 4.88 Å². The lowest BCUT2D eigenvalue weighted by Crippen LogP contribution is -2.16. The number of ether oxygens (including phenoxy) is 1. The summed E-state index contributed by atoms with van der Waals surface area (Å²) in [7, 11) is 1.62. The van der Waals surface area contributed by atoms with Gasteiger partial charge in [0.05, 0.1) is 24.4 Å². The highest BCUT2D eigenvalue weighted by molar-refractivity contribution is 7.10. The van der Waals surface area contributed by atoms with Crippen molar-refractivity contribution >= 4 is 17.0 Å². The fourth-order valence-electron chi connectivity index (χ4n) is 2.13. The first-order valence-electron chi connectivity index (χ1n) is 6.54. The second kappa shape index (κ2) is 6.44. The predicted molar refractivity (Wildman–Crippen MR) is 83.2 cm³/mol. The van der Waals surface area contributed by atoms with Crippen molar-refractivity contribution in [3.05, 3.63) is 46.2 Å². The van der Waals surface area contributed by atoms with Gasteiger partial charge >= 0.3 is 0 Å². The van der Waals surface area contributed by atoms with Gasteiger partial charge in [-0.3, -0.25) is 0 Å². The van der Waals surface area contributed by atoms with Crippen LogP contribution in [0.3, 0.4) is 0 Å². The highest BCUT2D eigenvalue weighted by Crippen LogP contribution is 2.35. The minimum absolute atomic E-state index is 0.165. The quantitative estimate of drug-likeness (QED) is 0.884. The number of thiophene rings is 1. The summed E-state index contributed by atoms with van der Waals surface area (Å²) in [5, 5.41) is 14.8. The Kier molecular flexibility index (Phi) is 4.65. The Hall–Kier alpha value is -1.99. The smallest absolute Gasteiger partial charge is 0.143 e. The molecule has 2 rings (SSSR count). The number of methoxy groups -OCH3 is 1. The molecular weight excluding hydrogens is 268 g/mol. The Morgan fingerprint density at radius 3 is 2.60 bits per heavy atom. The fraction of sp³-hybridized carbons (Fsp3) is 0.312. The van der Waals surface area contributed by atoms with Crippen molar-refractivity contribution in [3.8, 4) is 11.8 Å². The van der Waals surface area contributed by atoms with E-state index in [0.29, 0.717) is 17.2 Å². The number of hydrogen-bond donors (Lipinski definition) is 1. The maximum atomic E-state index is 9.28. The maximum Gasteiger partial charge on any atom is 0.143 e. The number of rotatable bonds is 5. The monoisotopic (exact) mass is 286 g/mol. The maximum absolute atomic E-state index is 9.28. The number of nitriles is 1. The van der Waals surface area contributed by atoms with Gasteiger partial charge in [-0.1, -0.05) is 26.0 Å². The first-order valence-corrected chi connectivity index (χ1v) is 7.42. The van der Waals surface area contributed by atoms with E-state index < -0.39 is 0 Å². The second-order valence-electron chi connectivity index (χ2n) is 4.88. The number of nitrogens with one attached hydrogen (secondary N) is 1. The van der Waals surface area contributed by atoms with Crippen molar-refractivity contribution in [1.82, 2.24) is 0 Å². The van der Waals surface area contributed by atoms with Crippen molar-refractivity contribution < 1.29 is 4.74 Å². The van der Waals surface area contributed by atoms with Crippen LogP contribution in [0.2, 0.25) is 0 Å². The largest absolute Gasteiger partial charge is 0.495 e. The molecule has 0 aliphatic carbocycles. The fourth-order valence-corrected chi connectivity index (χ4v) is 3.08. The molecule has 20 heavy (non-hydrogen) atoms. The van der Waals surface area contributed by atoms with Crippen LogP contribution in [0.1, 0.15) is 30.3 Å². The SMILES string of the molecule is COc1cccc(C#N)c1NC(c1cccs1)C(C)C. The van der Waals surface area contributed by atoms with Gasteiger partial charge in [0.2, 0.25) is 0 Å². The lowest BCUT2D eigenvalue weighted by Gasteiger charge is -2.24. The summed E-state index contributed by atoms with van der Waals surface area (Å²) in [4.78, 5) is 1.26. The van der Waals surface area contributed by atoms with E-state index in [1.54, 1.807) is 24.5 Å². The zero-order valence-electron chi connectivity index (χ0n) is 11.9. The van der Waals surface area contributed by atoms with E-state index in [0.717, 1.165) is 5.69 Å². The van der Waals surface area contributed by atoms with Gasteiger partial charge in [-0.25, -0.2) is 0 Å². The molecule has 0 spiro atoms. The van der Waals surface area contributed by atoms with Crippen LogP contribution in [0.4, 0.5) is 5.69 Å². The number of benzene rings is 1. The second-order valence-corrected chi connectivity index (χ2v) is 5.86. The van der Waals surface area contributed by atoms with Crippen LogP contribution in [-0.4, -0.2) is 7.11 Å². The molecule has 0 saturated heterocycles. The number of anilines is 1. The third-order valence-corrected chi connectivity index (χ3v) is 4.14. The predicted octanol–water partition coefficient (Wildman–Crippen LogP) is 4.44. The number of para-hydroxylation sites is 1. The molecule has 4 heteroatoms. The summed E-state index contributed by atoms with van der Waals surface area (Å²) in [6.45, 7) is 4.33. The average molecular weight is 286 g/mol. The summed E-state index contributed by atoms with van der Waals surface area (Å²) >= 11 is 1.72. The minimum Gasteiger partial charge on any atom is -0.495 e. The van der Waals surface area contributed by atoms with Crippen LogP contribution < -0.4 is 10.1 Å². The van der Waals surface area contributed by atoms with E-state index in [9.17, 15) is 5.26 Å². The van der Waals surface area contributed by atoms with E-state index in [-0.39, 0.29) is 6.04 Å². The zero-order chi connectivity index (χ0) is 14.5. The molecule has 0 fully saturated rings. The third-order valence-electron chi connectivity index (χ3n) is 3.18. The summed E-state index contributed by atoms with van der Waals surface area (Å²) in [6, 6.07) is 12.1. The summed E-state index contributed by atoms with van der Waals surface area (Å²) in [5.41, 5.74) is 1.37. The Labute approximate surface area is 123 Å². The van der Waals surface area contributed by atoms with Gasteiger partial charge in [0, 0.05) is 4.88 Å². The molecule has 0 bridgehead atoms. The number of hydrogen-bond acceptors (Lipinski definition) is 4. The van der Waals surface area contributed by atoms with Gasteiger partial charge in [0.15, 0.2) is 0 Å². The first kappa shape index (κ1) is 14.4. The standard InChI is InChI=1S/C16H18N2OS/c1-11(2)15(14-8-5-9-20-14)18-16-12(10-17)6-4-7-13(16)19-3/h4-9,11,15,18H,1-3H3. The molecule has 0 aliphatic heterocycles. The van der Waals surface area contributed by atoms with Crippen LogP contribution in [-0.2, 0) is 0 Å².